The first-order valence-electron chi connectivity index (χ1n) is 5.92. The first-order valence-corrected chi connectivity index (χ1v) is 6.80. The predicted octanol–water partition coefficient (Wildman–Crippen LogP) is 2.50. The van der Waals surface area contributed by atoms with Gasteiger partial charge in [0, 0.05) is 5.92 Å². The lowest BCUT2D eigenvalue weighted by Crippen LogP contribution is -2.26. The Morgan fingerprint density at radius 2 is 2.44 bits per heavy atom. The molecule has 18 heavy (non-hydrogen) atoms. The van der Waals surface area contributed by atoms with Gasteiger partial charge in [-0.05, 0) is 31.2 Å². The topological polar surface area (TPSA) is 68.0 Å². The Morgan fingerprint density at radius 1 is 1.61 bits per heavy atom. The fraction of sp³-hybridized carbons (Fsp3) is 0.417. The van der Waals surface area contributed by atoms with Crippen LogP contribution in [0.3, 0.4) is 0 Å². The minimum absolute atomic E-state index is 0.108. The minimum atomic E-state index is -0.264. The van der Waals surface area contributed by atoms with Crippen LogP contribution in [0.25, 0.3) is 0 Å². The zero-order chi connectivity index (χ0) is 12.5. The van der Waals surface area contributed by atoms with Gasteiger partial charge in [-0.25, -0.2) is 0 Å². The molecular weight excluding hydrogens is 250 g/mol. The average molecular weight is 263 g/mol. The van der Waals surface area contributed by atoms with Crippen molar-refractivity contribution in [3.8, 4) is 0 Å². The first kappa shape index (κ1) is 11.4. The van der Waals surface area contributed by atoms with Crippen LogP contribution in [0.15, 0.2) is 22.0 Å². The second kappa shape index (κ2) is 4.53. The van der Waals surface area contributed by atoms with Crippen LogP contribution >= 0.6 is 11.3 Å². The Labute approximate surface area is 108 Å². The molecule has 1 atom stereocenters. The van der Waals surface area contributed by atoms with E-state index in [2.05, 4.69) is 15.5 Å². The Bertz CT molecular complexity index is 545. The first-order chi connectivity index (χ1) is 8.74. The van der Waals surface area contributed by atoms with Gasteiger partial charge in [-0.2, -0.15) is 4.98 Å². The molecule has 6 heteroatoms. The fourth-order valence-corrected chi connectivity index (χ4v) is 2.29. The highest BCUT2D eigenvalue weighted by molar-refractivity contribution is 7.12. The summed E-state index contributed by atoms with van der Waals surface area (Å²) < 4.78 is 5.17. The van der Waals surface area contributed by atoms with Crippen LogP contribution in [0.5, 0.6) is 0 Å². The molecule has 0 spiro atoms. The van der Waals surface area contributed by atoms with E-state index in [1.807, 2.05) is 18.4 Å². The van der Waals surface area contributed by atoms with Crippen molar-refractivity contribution in [2.75, 3.05) is 0 Å². The van der Waals surface area contributed by atoms with E-state index in [-0.39, 0.29) is 11.9 Å². The molecule has 2 heterocycles. The van der Waals surface area contributed by atoms with Gasteiger partial charge in [0.25, 0.3) is 5.91 Å². The van der Waals surface area contributed by atoms with Gasteiger partial charge in [0.15, 0.2) is 5.82 Å². The highest BCUT2D eigenvalue weighted by atomic mass is 32.1. The third-order valence-corrected chi connectivity index (χ3v) is 3.73. The van der Waals surface area contributed by atoms with Crippen LogP contribution in [-0.2, 0) is 0 Å². The molecule has 1 aliphatic rings. The Hall–Kier alpha value is -1.69. The number of rotatable bonds is 4. The molecule has 0 aliphatic heterocycles. The molecule has 2 aromatic rings. The van der Waals surface area contributed by atoms with E-state index in [0.29, 0.717) is 16.7 Å². The van der Waals surface area contributed by atoms with Crippen molar-refractivity contribution in [2.45, 2.75) is 31.7 Å². The van der Waals surface area contributed by atoms with Gasteiger partial charge >= 0.3 is 0 Å². The lowest BCUT2D eigenvalue weighted by molar-refractivity contribution is 0.0936. The number of carbonyl (C=O) groups excluding carboxylic acids is 1. The maximum absolute atomic E-state index is 11.9. The summed E-state index contributed by atoms with van der Waals surface area (Å²) in [4.78, 5) is 16.9. The van der Waals surface area contributed by atoms with Crippen LogP contribution in [-0.4, -0.2) is 16.0 Å². The standard InChI is InChI=1S/C12H13N3O2S/c1-7(13-11(16)9-3-2-6-18-9)12-14-10(15-17-12)8-4-5-8/h2-3,6-8H,4-5H2,1H3,(H,13,16)/t7-/m1/s1. The van der Waals surface area contributed by atoms with Crippen LogP contribution < -0.4 is 5.32 Å². The van der Waals surface area contributed by atoms with E-state index in [0.717, 1.165) is 18.7 Å². The number of hydrogen-bond acceptors (Lipinski definition) is 5. The van der Waals surface area contributed by atoms with Gasteiger partial charge in [0.2, 0.25) is 5.89 Å². The average Bonchev–Trinajstić information content (AvgIpc) is 2.91. The molecule has 94 valence electrons. The van der Waals surface area contributed by atoms with Crippen molar-refractivity contribution < 1.29 is 9.32 Å². The predicted molar refractivity (Wildman–Crippen MR) is 66.5 cm³/mol. The molecule has 0 bridgehead atoms. The quantitative estimate of drug-likeness (QED) is 0.920. The number of nitrogens with one attached hydrogen (secondary N) is 1. The summed E-state index contributed by atoms with van der Waals surface area (Å²) in [5, 5.41) is 8.65. The highest BCUT2D eigenvalue weighted by Crippen LogP contribution is 2.38. The Morgan fingerprint density at radius 3 is 3.11 bits per heavy atom. The maximum atomic E-state index is 11.9. The monoisotopic (exact) mass is 263 g/mol. The van der Waals surface area contributed by atoms with E-state index < -0.39 is 0 Å². The molecule has 0 saturated heterocycles. The van der Waals surface area contributed by atoms with E-state index >= 15 is 0 Å². The van der Waals surface area contributed by atoms with E-state index in [9.17, 15) is 4.79 Å². The van der Waals surface area contributed by atoms with Crippen LogP contribution in [0.4, 0.5) is 0 Å². The third-order valence-electron chi connectivity index (χ3n) is 2.86. The molecule has 5 nitrogen and oxygen atoms in total. The van der Waals surface area contributed by atoms with Crippen molar-refractivity contribution in [1.29, 1.82) is 0 Å². The molecule has 1 amide bonds. The summed E-state index contributed by atoms with van der Waals surface area (Å²) >= 11 is 1.41. The van der Waals surface area contributed by atoms with Gasteiger partial charge in [0.1, 0.15) is 6.04 Å². The number of aromatic nitrogens is 2. The number of carbonyl (C=O) groups is 1. The second-order valence-corrected chi connectivity index (χ2v) is 5.39. The van der Waals surface area contributed by atoms with Crippen molar-refractivity contribution in [1.82, 2.24) is 15.5 Å². The number of hydrogen-bond donors (Lipinski definition) is 1. The molecular formula is C12H13N3O2S. The summed E-state index contributed by atoms with van der Waals surface area (Å²) in [5.41, 5.74) is 0. The van der Waals surface area contributed by atoms with Gasteiger partial charge in [0.05, 0.1) is 4.88 Å². The Balaban J connectivity index is 1.66. The van der Waals surface area contributed by atoms with Gasteiger partial charge in [-0.3, -0.25) is 4.79 Å². The molecule has 2 aromatic heterocycles. The number of nitrogens with zero attached hydrogens (tertiary/aromatic N) is 2. The molecule has 1 saturated carbocycles. The summed E-state index contributed by atoms with van der Waals surface area (Å²) in [7, 11) is 0. The van der Waals surface area contributed by atoms with Crippen molar-refractivity contribution in [3.63, 3.8) is 0 Å². The molecule has 0 radical (unpaired) electrons. The molecule has 1 fully saturated rings. The normalized spacial score (nSPS) is 16.5. The third kappa shape index (κ3) is 2.28. The van der Waals surface area contributed by atoms with Gasteiger partial charge < -0.3 is 9.84 Å². The molecule has 0 unspecified atom stereocenters. The van der Waals surface area contributed by atoms with Gasteiger partial charge in [-0.1, -0.05) is 11.2 Å². The molecule has 3 rings (SSSR count). The zero-order valence-corrected chi connectivity index (χ0v) is 10.7. The van der Waals surface area contributed by atoms with Crippen molar-refractivity contribution >= 4 is 17.2 Å². The maximum Gasteiger partial charge on any atom is 0.261 e. The van der Waals surface area contributed by atoms with Crippen LogP contribution in [0.2, 0.25) is 0 Å². The largest absolute Gasteiger partial charge is 0.340 e. The molecule has 1 N–H and O–H groups in total. The fourth-order valence-electron chi connectivity index (χ4n) is 1.67. The summed E-state index contributed by atoms with van der Waals surface area (Å²) in [5.74, 6) is 1.59. The summed E-state index contributed by atoms with van der Waals surface area (Å²) in [6, 6.07) is 3.37. The Kier molecular flexibility index (Phi) is 2.87. The zero-order valence-electron chi connectivity index (χ0n) is 9.92. The van der Waals surface area contributed by atoms with E-state index in [4.69, 9.17) is 4.52 Å². The molecule has 1 aliphatic carbocycles. The summed E-state index contributed by atoms with van der Waals surface area (Å²) in [6.45, 7) is 1.84. The SMILES string of the molecule is C[C@@H](NC(=O)c1cccs1)c1nc(C2CC2)no1. The lowest BCUT2D eigenvalue weighted by Gasteiger charge is -2.07. The number of thiophene rings is 1. The van der Waals surface area contributed by atoms with E-state index in [1.54, 1.807) is 6.07 Å². The smallest absolute Gasteiger partial charge is 0.261 e. The number of amides is 1. The van der Waals surface area contributed by atoms with E-state index in [1.165, 1.54) is 11.3 Å². The van der Waals surface area contributed by atoms with Crippen LogP contribution in [0.1, 0.15) is 53.1 Å². The molecule has 0 aromatic carbocycles. The lowest BCUT2D eigenvalue weighted by atomic mass is 10.3. The van der Waals surface area contributed by atoms with Gasteiger partial charge in [-0.15, -0.1) is 11.3 Å². The highest BCUT2D eigenvalue weighted by Gasteiger charge is 2.29. The second-order valence-electron chi connectivity index (χ2n) is 4.44. The van der Waals surface area contributed by atoms with Crippen molar-refractivity contribution in [3.05, 3.63) is 34.1 Å². The minimum Gasteiger partial charge on any atom is -0.340 e. The summed E-state index contributed by atoms with van der Waals surface area (Å²) in [6.07, 6.45) is 2.27. The van der Waals surface area contributed by atoms with Crippen molar-refractivity contribution in [2.24, 2.45) is 0 Å². The van der Waals surface area contributed by atoms with Crippen LogP contribution in [0, 0.1) is 0 Å².